The molecule has 0 radical (unpaired) electrons. The van der Waals surface area contributed by atoms with E-state index in [1.54, 1.807) is 0 Å². The van der Waals surface area contributed by atoms with Gasteiger partial charge in [0.25, 0.3) is 0 Å². The summed E-state index contributed by atoms with van der Waals surface area (Å²) in [4.78, 5) is 24.0. The van der Waals surface area contributed by atoms with E-state index in [9.17, 15) is 40.3 Å². The Morgan fingerprint density at radius 3 is 2.13 bits per heavy atom. The van der Waals surface area contributed by atoms with Crippen LogP contribution in [0, 0.1) is 11.3 Å². The highest BCUT2D eigenvalue weighted by Gasteiger charge is 2.77. The molecule has 0 saturated heterocycles. The minimum atomic E-state index is -6.70. The van der Waals surface area contributed by atoms with Crippen molar-refractivity contribution in [1.29, 1.82) is 0 Å². The standard InChI is InChI=1S/C20H21F7O4/c1-11-8-12(10-17(2,3)9-11)30-15(28)13-6-4-5-7-14(13)31-16(29)18(21,22)19(23,24)20(25,26)27/h4-7,11-12H,8-10H2,1-3H3. The highest BCUT2D eigenvalue weighted by Crippen LogP contribution is 2.47. The molecule has 0 amide bonds. The van der Waals surface area contributed by atoms with Gasteiger partial charge in [0.15, 0.2) is 0 Å². The first kappa shape index (κ1) is 24.9. The van der Waals surface area contributed by atoms with E-state index < -0.39 is 47.4 Å². The summed E-state index contributed by atoms with van der Waals surface area (Å²) >= 11 is 0. The molecule has 1 aromatic rings. The number of carbonyl (C=O) groups is 2. The number of carbonyl (C=O) groups excluding carboxylic acids is 2. The zero-order valence-corrected chi connectivity index (χ0v) is 16.9. The fourth-order valence-corrected chi connectivity index (χ4v) is 3.76. The number of halogens is 7. The number of hydrogen-bond donors (Lipinski definition) is 0. The molecule has 0 aromatic heterocycles. The third-order valence-corrected chi connectivity index (χ3v) is 4.94. The number of rotatable bonds is 5. The quantitative estimate of drug-likeness (QED) is 0.318. The molecule has 0 aliphatic heterocycles. The summed E-state index contributed by atoms with van der Waals surface area (Å²) < 4.78 is 99.5. The normalized spacial score (nSPS) is 22.0. The van der Waals surface area contributed by atoms with Crippen LogP contribution in [0.25, 0.3) is 0 Å². The minimum Gasteiger partial charge on any atom is -0.459 e. The van der Waals surface area contributed by atoms with Gasteiger partial charge < -0.3 is 9.47 Å². The molecule has 2 atom stereocenters. The molecule has 1 fully saturated rings. The van der Waals surface area contributed by atoms with E-state index in [4.69, 9.17) is 4.74 Å². The van der Waals surface area contributed by atoms with Crippen LogP contribution in [0.5, 0.6) is 5.75 Å². The Balaban J connectivity index is 2.22. The average Bonchev–Trinajstić information content (AvgIpc) is 2.59. The van der Waals surface area contributed by atoms with Crippen LogP contribution in [0.1, 0.15) is 50.4 Å². The first-order chi connectivity index (χ1) is 14.0. The lowest BCUT2D eigenvalue weighted by molar-refractivity contribution is -0.346. The highest BCUT2D eigenvalue weighted by atomic mass is 19.4. The smallest absolute Gasteiger partial charge is 0.459 e. The molecule has 1 aromatic carbocycles. The van der Waals surface area contributed by atoms with Gasteiger partial charge in [-0.1, -0.05) is 32.9 Å². The number of para-hydroxylation sites is 1. The second-order valence-electron chi connectivity index (χ2n) is 8.47. The van der Waals surface area contributed by atoms with E-state index in [0.717, 1.165) is 24.6 Å². The van der Waals surface area contributed by atoms with Crippen LogP contribution < -0.4 is 4.74 Å². The van der Waals surface area contributed by atoms with E-state index in [2.05, 4.69) is 4.74 Å². The molecule has 11 heteroatoms. The second kappa shape index (κ2) is 8.31. The van der Waals surface area contributed by atoms with Crippen molar-refractivity contribution in [3.8, 4) is 5.75 Å². The zero-order chi connectivity index (χ0) is 23.8. The van der Waals surface area contributed by atoms with Crippen LogP contribution in [0.2, 0.25) is 0 Å². The number of hydrogen-bond acceptors (Lipinski definition) is 4. The molecular formula is C20H21F7O4. The van der Waals surface area contributed by atoms with Crippen molar-refractivity contribution in [1.82, 2.24) is 0 Å². The number of alkyl halides is 7. The fraction of sp³-hybridized carbons (Fsp3) is 0.600. The highest BCUT2D eigenvalue weighted by molar-refractivity contribution is 5.94. The third-order valence-electron chi connectivity index (χ3n) is 4.94. The van der Waals surface area contributed by atoms with Gasteiger partial charge in [-0.05, 0) is 42.7 Å². The van der Waals surface area contributed by atoms with Gasteiger partial charge in [0.1, 0.15) is 17.4 Å². The van der Waals surface area contributed by atoms with E-state index >= 15 is 0 Å². The minimum absolute atomic E-state index is 0.139. The van der Waals surface area contributed by atoms with Gasteiger partial charge in [0, 0.05) is 0 Å². The molecule has 0 spiro atoms. The van der Waals surface area contributed by atoms with Gasteiger partial charge in [-0.3, -0.25) is 0 Å². The molecule has 2 unspecified atom stereocenters. The number of benzene rings is 1. The van der Waals surface area contributed by atoms with Crippen molar-refractivity contribution in [3.63, 3.8) is 0 Å². The summed E-state index contributed by atoms with van der Waals surface area (Å²) in [6.45, 7) is 5.91. The molecule has 0 N–H and O–H groups in total. The molecule has 31 heavy (non-hydrogen) atoms. The largest absolute Gasteiger partial charge is 0.460 e. The topological polar surface area (TPSA) is 52.6 Å². The number of esters is 2. The van der Waals surface area contributed by atoms with E-state index in [1.165, 1.54) is 6.07 Å². The Kier molecular flexibility index (Phi) is 6.68. The third kappa shape index (κ3) is 5.30. The average molecular weight is 458 g/mol. The lowest BCUT2D eigenvalue weighted by Gasteiger charge is -2.38. The Hall–Kier alpha value is -2.33. The van der Waals surface area contributed by atoms with Crippen molar-refractivity contribution in [2.75, 3.05) is 0 Å². The maximum Gasteiger partial charge on any atom is 0.460 e. The Bertz CT molecular complexity index is 833. The fourth-order valence-electron chi connectivity index (χ4n) is 3.76. The molecule has 1 aliphatic carbocycles. The lowest BCUT2D eigenvalue weighted by Crippen LogP contribution is -2.57. The second-order valence-corrected chi connectivity index (χ2v) is 8.47. The van der Waals surface area contributed by atoms with Crippen LogP contribution in [-0.2, 0) is 9.53 Å². The van der Waals surface area contributed by atoms with Crippen LogP contribution in [0.3, 0.4) is 0 Å². The summed E-state index contributed by atoms with van der Waals surface area (Å²) in [6.07, 6.45) is -5.32. The molecule has 174 valence electrons. The molecule has 0 heterocycles. The maximum absolute atomic E-state index is 13.5. The Labute approximate surface area is 173 Å². The van der Waals surface area contributed by atoms with Crippen LogP contribution in [0.15, 0.2) is 24.3 Å². The van der Waals surface area contributed by atoms with E-state index in [1.807, 2.05) is 20.8 Å². The molecular weight excluding hydrogens is 437 g/mol. The van der Waals surface area contributed by atoms with E-state index in [-0.39, 0.29) is 11.3 Å². The van der Waals surface area contributed by atoms with Gasteiger partial charge in [0.2, 0.25) is 0 Å². The monoisotopic (exact) mass is 458 g/mol. The lowest BCUT2D eigenvalue weighted by atomic mass is 9.71. The number of ether oxygens (including phenoxy) is 2. The van der Waals surface area contributed by atoms with Gasteiger partial charge in [-0.2, -0.15) is 30.7 Å². The van der Waals surface area contributed by atoms with Crippen molar-refractivity contribution >= 4 is 11.9 Å². The predicted molar refractivity (Wildman–Crippen MR) is 94.0 cm³/mol. The summed E-state index contributed by atoms with van der Waals surface area (Å²) in [5.41, 5.74) is -0.696. The molecule has 1 saturated carbocycles. The van der Waals surface area contributed by atoms with Crippen molar-refractivity contribution in [2.45, 2.75) is 64.2 Å². The summed E-state index contributed by atoms with van der Waals surface area (Å²) in [7, 11) is 0. The Morgan fingerprint density at radius 2 is 1.58 bits per heavy atom. The van der Waals surface area contributed by atoms with Crippen LogP contribution in [0.4, 0.5) is 30.7 Å². The molecule has 0 bridgehead atoms. The van der Waals surface area contributed by atoms with Gasteiger partial charge in [-0.25, -0.2) is 9.59 Å². The van der Waals surface area contributed by atoms with Crippen molar-refractivity contribution < 1.29 is 49.8 Å². The van der Waals surface area contributed by atoms with Crippen molar-refractivity contribution in [3.05, 3.63) is 29.8 Å². The van der Waals surface area contributed by atoms with Gasteiger partial charge >= 0.3 is 30.0 Å². The van der Waals surface area contributed by atoms with Gasteiger partial charge in [-0.15, -0.1) is 0 Å². The predicted octanol–water partition coefficient (Wildman–Crippen LogP) is 5.80. The molecule has 1 aliphatic rings. The summed E-state index contributed by atoms with van der Waals surface area (Å²) in [5.74, 6) is -17.8. The molecule has 2 rings (SSSR count). The SMILES string of the molecule is CC1CC(OC(=O)c2ccccc2OC(=O)C(F)(F)C(F)(F)C(F)(F)F)CC(C)(C)C1. The Morgan fingerprint density at radius 1 is 1.00 bits per heavy atom. The maximum atomic E-state index is 13.5. The van der Waals surface area contributed by atoms with Crippen LogP contribution in [-0.4, -0.2) is 36.1 Å². The summed E-state index contributed by atoms with van der Waals surface area (Å²) in [6, 6.07) is 4.20. The van der Waals surface area contributed by atoms with E-state index in [0.29, 0.717) is 12.8 Å². The van der Waals surface area contributed by atoms with Gasteiger partial charge in [0.05, 0.1) is 0 Å². The summed E-state index contributed by atoms with van der Waals surface area (Å²) in [5, 5.41) is 0. The van der Waals surface area contributed by atoms with Crippen molar-refractivity contribution in [2.24, 2.45) is 11.3 Å². The first-order valence-electron chi connectivity index (χ1n) is 9.32. The zero-order valence-electron chi connectivity index (χ0n) is 16.9. The first-order valence-corrected chi connectivity index (χ1v) is 9.32. The van der Waals surface area contributed by atoms with Crippen LogP contribution >= 0.6 is 0 Å². The molecule has 4 nitrogen and oxygen atoms in total.